The van der Waals surface area contributed by atoms with Gasteiger partial charge in [0.1, 0.15) is 0 Å². The molecular formula is C14H12N6O2. The van der Waals surface area contributed by atoms with Gasteiger partial charge in [-0.1, -0.05) is 0 Å². The second kappa shape index (κ2) is 8.00. The third-order valence-corrected chi connectivity index (χ3v) is 2.43. The Morgan fingerprint density at radius 1 is 0.773 bits per heavy atom. The average Bonchev–Trinajstić information content (AvgIpc) is 2.59. The van der Waals surface area contributed by atoms with Gasteiger partial charge in [0.05, 0.1) is 12.4 Å². The molecule has 0 aliphatic carbocycles. The molecule has 0 unspecified atom stereocenters. The normalized spacial score (nSPS) is 10.7. The highest BCUT2D eigenvalue weighted by Gasteiger charge is 2.02. The van der Waals surface area contributed by atoms with Gasteiger partial charge in [0, 0.05) is 35.9 Å². The first-order valence-electron chi connectivity index (χ1n) is 6.23. The van der Waals surface area contributed by atoms with Crippen LogP contribution in [-0.2, 0) is 0 Å². The van der Waals surface area contributed by atoms with Crippen LogP contribution in [0.2, 0.25) is 0 Å². The van der Waals surface area contributed by atoms with Crippen molar-refractivity contribution in [2.45, 2.75) is 0 Å². The Labute approximate surface area is 126 Å². The van der Waals surface area contributed by atoms with Gasteiger partial charge in [0.2, 0.25) is 0 Å². The Morgan fingerprint density at radius 2 is 1.14 bits per heavy atom. The van der Waals surface area contributed by atoms with Gasteiger partial charge in [-0.25, -0.2) is 10.9 Å². The van der Waals surface area contributed by atoms with Crippen LogP contribution in [-0.4, -0.2) is 34.2 Å². The molecule has 0 aromatic carbocycles. The number of hydrazone groups is 2. The van der Waals surface area contributed by atoms with Gasteiger partial charge in [-0.05, 0) is 24.3 Å². The Balaban J connectivity index is 1.76. The van der Waals surface area contributed by atoms with Crippen LogP contribution in [0.3, 0.4) is 0 Å². The van der Waals surface area contributed by atoms with Crippen LogP contribution in [0.15, 0.2) is 59.3 Å². The first-order valence-corrected chi connectivity index (χ1v) is 6.23. The summed E-state index contributed by atoms with van der Waals surface area (Å²) in [4.78, 5) is 30.8. The number of carbonyl (C=O) groups is 2. The molecule has 0 spiro atoms. The minimum Gasteiger partial charge on any atom is -0.267 e. The van der Waals surface area contributed by atoms with Crippen molar-refractivity contribution >= 4 is 24.2 Å². The van der Waals surface area contributed by atoms with E-state index in [9.17, 15) is 9.59 Å². The molecule has 0 aliphatic rings. The first-order chi connectivity index (χ1) is 10.8. The number of carbonyl (C=O) groups excluding carboxylic acids is 2. The Bertz CT molecular complexity index is 623. The number of hydrogen-bond acceptors (Lipinski definition) is 6. The fourth-order valence-electron chi connectivity index (χ4n) is 1.39. The summed E-state index contributed by atoms with van der Waals surface area (Å²) in [5.41, 5.74) is 5.50. The molecule has 0 saturated heterocycles. The predicted octanol–water partition coefficient (Wildman–Crippen LogP) is 0.608. The third kappa shape index (κ3) is 4.60. The Kier molecular flexibility index (Phi) is 5.45. The summed E-state index contributed by atoms with van der Waals surface area (Å²) < 4.78 is 0. The minimum absolute atomic E-state index is 0.368. The maximum Gasteiger partial charge on any atom is 0.271 e. The lowest BCUT2D eigenvalue weighted by atomic mass is 10.3. The van der Waals surface area contributed by atoms with Crippen molar-refractivity contribution in [2.24, 2.45) is 10.2 Å². The van der Waals surface area contributed by atoms with E-state index >= 15 is 0 Å². The molecule has 8 heteroatoms. The number of amides is 2. The van der Waals surface area contributed by atoms with Crippen molar-refractivity contribution in [3.8, 4) is 0 Å². The second-order valence-electron chi connectivity index (χ2n) is 3.91. The van der Waals surface area contributed by atoms with Crippen molar-refractivity contribution < 1.29 is 9.59 Å². The number of rotatable bonds is 5. The van der Waals surface area contributed by atoms with Gasteiger partial charge in [0.25, 0.3) is 11.8 Å². The third-order valence-electron chi connectivity index (χ3n) is 2.43. The van der Waals surface area contributed by atoms with Crippen molar-refractivity contribution in [2.75, 3.05) is 0 Å². The molecule has 0 aliphatic heterocycles. The van der Waals surface area contributed by atoms with E-state index in [-0.39, 0.29) is 11.8 Å². The van der Waals surface area contributed by atoms with Gasteiger partial charge in [-0.15, -0.1) is 0 Å². The highest BCUT2D eigenvalue weighted by Crippen LogP contribution is 1.95. The summed E-state index contributed by atoms with van der Waals surface area (Å²) in [7, 11) is 0. The summed E-state index contributed by atoms with van der Waals surface area (Å²) in [6.45, 7) is 0. The molecular weight excluding hydrogens is 284 g/mol. The number of aromatic nitrogens is 2. The van der Waals surface area contributed by atoms with E-state index in [1.165, 1.54) is 37.2 Å². The van der Waals surface area contributed by atoms with Gasteiger partial charge >= 0.3 is 0 Å². The summed E-state index contributed by atoms with van der Waals surface area (Å²) in [6, 6.07) is 6.25. The topological polar surface area (TPSA) is 109 Å². The van der Waals surface area contributed by atoms with E-state index in [2.05, 4.69) is 31.0 Å². The highest BCUT2D eigenvalue weighted by atomic mass is 16.2. The largest absolute Gasteiger partial charge is 0.271 e. The SMILES string of the molecule is O=C(NN=C/C=N/NC(=O)c1ccncc1)c1ccncc1. The lowest BCUT2D eigenvalue weighted by Gasteiger charge is -1.98. The van der Waals surface area contributed by atoms with Gasteiger partial charge < -0.3 is 0 Å². The van der Waals surface area contributed by atoms with Crippen LogP contribution in [0.5, 0.6) is 0 Å². The second-order valence-corrected chi connectivity index (χ2v) is 3.91. The minimum atomic E-state index is -0.368. The molecule has 0 atom stereocenters. The summed E-state index contributed by atoms with van der Waals surface area (Å²) in [5, 5.41) is 7.32. The molecule has 2 N–H and O–H groups in total. The van der Waals surface area contributed by atoms with Gasteiger partial charge in [0.15, 0.2) is 0 Å². The van der Waals surface area contributed by atoms with Crippen molar-refractivity contribution in [1.82, 2.24) is 20.8 Å². The molecule has 2 aromatic rings. The quantitative estimate of drug-likeness (QED) is 0.622. The summed E-state index contributed by atoms with van der Waals surface area (Å²) >= 11 is 0. The van der Waals surface area contributed by atoms with Crippen LogP contribution in [0.1, 0.15) is 20.7 Å². The number of nitrogens with one attached hydrogen (secondary N) is 2. The van der Waals surface area contributed by atoms with E-state index in [0.717, 1.165) is 0 Å². The maximum atomic E-state index is 11.6. The lowest BCUT2D eigenvalue weighted by Crippen LogP contribution is -2.19. The lowest BCUT2D eigenvalue weighted by molar-refractivity contribution is 0.0946. The highest BCUT2D eigenvalue weighted by molar-refractivity contribution is 6.16. The molecule has 0 radical (unpaired) electrons. The fraction of sp³-hybridized carbons (Fsp3) is 0. The monoisotopic (exact) mass is 296 g/mol. The first kappa shape index (κ1) is 15.0. The predicted molar refractivity (Wildman–Crippen MR) is 80.4 cm³/mol. The average molecular weight is 296 g/mol. The van der Waals surface area contributed by atoms with Crippen molar-refractivity contribution in [1.29, 1.82) is 0 Å². The number of pyridine rings is 2. The summed E-state index contributed by atoms with van der Waals surface area (Å²) in [6.07, 6.45) is 8.52. The molecule has 0 bridgehead atoms. The van der Waals surface area contributed by atoms with Crippen LogP contribution in [0.25, 0.3) is 0 Å². The fourth-order valence-corrected chi connectivity index (χ4v) is 1.39. The van der Waals surface area contributed by atoms with Crippen LogP contribution in [0, 0.1) is 0 Å². The van der Waals surface area contributed by atoms with Crippen LogP contribution >= 0.6 is 0 Å². The zero-order chi connectivity index (χ0) is 15.6. The van der Waals surface area contributed by atoms with Crippen LogP contribution in [0.4, 0.5) is 0 Å². The standard InChI is InChI=1S/C14H12N6O2/c21-13(11-1-5-15-6-2-11)19-17-9-10-18-20-14(22)12-3-7-16-8-4-12/h1-10H,(H,19,21)(H,20,22)/b17-9+,18-10?. The van der Waals surface area contributed by atoms with E-state index in [1.54, 1.807) is 24.3 Å². The molecule has 110 valence electrons. The molecule has 22 heavy (non-hydrogen) atoms. The zero-order valence-corrected chi connectivity index (χ0v) is 11.4. The number of nitrogens with zero attached hydrogens (tertiary/aromatic N) is 4. The number of hydrogen-bond donors (Lipinski definition) is 2. The molecule has 0 fully saturated rings. The van der Waals surface area contributed by atoms with E-state index in [1.807, 2.05) is 0 Å². The molecule has 2 heterocycles. The van der Waals surface area contributed by atoms with Gasteiger partial charge in [-0.2, -0.15) is 10.2 Å². The molecule has 2 rings (SSSR count). The maximum absolute atomic E-state index is 11.6. The van der Waals surface area contributed by atoms with Crippen molar-refractivity contribution in [3.63, 3.8) is 0 Å². The van der Waals surface area contributed by atoms with E-state index in [4.69, 9.17) is 0 Å². The molecule has 2 aromatic heterocycles. The van der Waals surface area contributed by atoms with E-state index in [0.29, 0.717) is 11.1 Å². The zero-order valence-electron chi connectivity index (χ0n) is 11.4. The Hall–Kier alpha value is -3.42. The van der Waals surface area contributed by atoms with E-state index < -0.39 is 0 Å². The van der Waals surface area contributed by atoms with Gasteiger partial charge in [-0.3, -0.25) is 19.6 Å². The molecule has 8 nitrogen and oxygen atoms in total. The smallest absolute Gasteiger partial charge is 0.267 e. The summed E-state index contributed by atoms with van der Waals surface area (Å²) in [5.74, 6) is -0.735. The molecule has 2 amide bonds. The molecule has 0 saturated carbocycles. The Morgan fingerprint density at radius 3 is 1.50 bits per heavy atom. The van der Waals surface area contributed by atoms with Crippen LogP contribution < -0.4 is 10.9 Å². The van der Waals surface area contributed by atoms with Crippen molar-refractivity contribution in [3.05, 3.63) is 60.2 Å².